The quantitative estimate of drug-likeness (QED) is 0.442. The first-order valence-corrected chi connectivity index (χ1v) is 12.7. The van der Waals surface area contributed by atoms with E-state index >= 15 is 0 Å². The van der Waals surface area contributed by atoms with Crippen LogP contribution in [-0.2, 0) is 14.3 Å². The largest absolute Gasteiger partial charge is 0.491 e. The third-order valence-corrected chi connectivity index (χ3v) is 7.12. The predicted molar refractivity (Wildman–Crippen MR) is 127 cm³/mol. The van der Waals surface area contributed by atoms with Crippen molar-refractivity contribution in [3.8, 4) is 5.75 Å². The third-order valence-electron chi connectivity index (χ3n) is 6.88. The second-order valence-electron chi connectivity index (χ2n) is 9.88. The Bertz CT molecular complexity index is 741. The molecular formula is C26H39ClO6. The Kier molecular flexibility index (Phi) is 10.3. The van der Waals surface area contributed by atoms with Crippen molar-refractivity contribution in [2.24, 2.45) is 17.8 Å². The van der Waals surface area contributed by atoms with Gasteiger partial charge in [0.1, 0.15) is 12.4 Å². The van der Waals surface area contributed by atoms with Crippen LogP contribution in [0.4, 0.5) is 0 Å². The minimum absolute atomic E-state index is 0.0663. The second-order valence-corrected chi connectivity index (χ2v) is 10.3. The van der Waals surface area contributed by atoms with Crippen LogP contribution in [-0.4, -0.2) is 53.8 Å². The molecule has 1 aliphatic heterocycles. The standard InChI is InChI=1S/C26H39ClO6/c1-17(2)33-26(30)8-3-5-18-9-11-23-22(24(29)14-25(23)32-15-18)12-10-20(28)16-31-21-7-4-6-19(27)13-21/h4,6-7,13,17-18,20,22-25,28-29H,3,5,8-12,14-16H2,1-2H3/t18-,20?,22+,23+,24+,25-/m0/s1. The molecule has 2 aliphatic rings. The molecule has 7 heteroatoms. The molecule has 0 spiro atoms. The predicted octanol–water partition coefficient (Wildman–Crippen LogP) is 4.77. The van der Waals surface area contributed by atoms with Gasteiger partial charge < -0.3 is 24.4 Å². The molecule has 0 aromatic heterocycles. The highest BCUT2D eigenvalue weighted by Gasteiger charge is 2.44. The molecule has 2 fully saturated rings. The van der Waals surface area contributed by atoms with Crippen molar-refractivity contribution in [1.82, 2.24) is 0 Å². The number of aliphatic hydroxyl groups excluding tert-OH is 2. The zero-order chi connectivity index (χ0) is 23.8. The SMILES string of the molecule is CC(C)OC(=O)CCC[C@H]1CC[C@@H]2[C@@H](CCC(O)COc3cccc(Cl)c3)[C@H](O)C[C@@H]2OC1. The molecular weight excluding hydrogens is 444 g/mol. The molecule has 1 aromatic carbocycles. The van der Waals surface area contributed by atoms with Gasteiger partial charge in [-0.3, -0.25) is 4.79 Å². The first-order valence-electron chi connectivity index (χ1n) is 12.4. The molecule has 1 aliphatic carbocycles. The van der Waals surface area contributed by atoms with Crippen LogP contribution in [0.15, 0.2) is 24.3 Å². The molecule has 6 atom stereocenters. The Morgan fingerprint density at radius 3 is 2.85 bits per heavy atom. The summed E-state index contributed by atoms with van der Waals surface area (Å²) in [4.78, 5) is 11.8. The molecule has 0 bridgehead atoms. The first-order chi connectivity index (χ1) is 15.8. The van der Waals surface area contributed by atoms with Gasteiger partial charge in [-0.25, -0.2) is 0 Å². The van der Waals surface area contributed by atoms with E-state index in [1.807, 2.05) is 26.0 Å². The van der Waals surface area contributed by atoms with Gasteiger partial charge in [0.05, 0.1) is 24.4 Å². The first kappa shape index (κ1) is 26.3. The van der Waals surface area contributed by atoms with Crippen molar-refractivity contribution < 1.29 is 29.2 Å². The zero-order valence-corrected chi connectivity index (χ0v) is 20.6. The van der Waals surface area contributed by atoms with Gasteiger partial charge in [-0.15, -0.1) is 0 Å². The summed E-state index contributed by atoms with van der Waals surface area (Å²) < 4.78 is 17.1. The van der Waals surface area contributed by atoms with E-state index in [0.717, 1.165) is 32.1 Å². The molecule has 0 amide bonds. The molecule has 1 unspecified atom stereocenters. The van der Waals surface area contributed by atoms with Crippen LogP contribution in [0.3, 0.4) is 0 Å². The van der Waals surface area contributed by atoms with Gasteiger partial charge in [0.2, 0.25) is 0 Å². The summed E-state index contributed by atoms with van der Waals surface area (Å²) in [6, 6.07) is 7.14. The van der Waals surface area contributed by atoms with Crippen molar-refractivity contribution in [1.29, 1.82) is 0 Å². The molecule has 186 valence electrons. The van der Waals surface area contributed by atoms with Crippen LogP contribution in [0.2, 0.25) is 5.02 Å². The highest BCUT2D eigenvalue weighted by molar-refractivity contribution is 6.30. The van der Waals surface area contributed by atoms with Crippen molar-refractivity contribution in [2.45, 2.75) is 89.6 Å². The molecule has 3 rings (SSSR count). The lowest BCUT2D eigenvalue weighted by molar-refractivity contribution is -0.147. The minimum Gasteiger partial charge on any atom is -0.491 e. The average molecular weight is 483 g/mol. The van der Waals surface area contributed by atoms with Gasteiger partial charge in [-0.1, -0.05) is 17.7 Å². The van der Waals surface area contributed by atoms with E-state index in [1.54, 1.807) is 12.1 Å². The Balaban J connectivity index is 1.40. The topological polar surface area (TPSA) is 85.2 Å². The summed E-state index contributed by atoms with van der Waals surface area (Å²) in [6.07, 6.45) is 5.32. The number of halogens is 1. The van der Waals surface area contributed by atoms with Crippen LogP contribution < -0.4 is 4.74 Å². The normalized spacial score (nSPS) is 28.2. The highest BCUT2D eigenvalue weighted by Crippen LogP contribution is 2.43. The lowest BCUT2D eigenvalue weighted by Gasteiger charge is -2.24. The maximum atomic E-state index is 11.8. The highest BCUT2D eigenvalue weighted by atomic mass is 35.5. The number of esters is 1. The van der Waals surface area contributed by atoms with Gasteiger partial charge in [0, 0.05) is 24.5 Å². The molecule has 1 heterocycles. The van der Waals surface area contributed by atoms with Gasteiger partial charge in [-0.05, 0) is 88.3 Å². The van der Waals surface area contributed by atoms with E-state index in [-0.39, 0.29) is 36.8 Å². The smallest absolute Gasteiger partial charge is 0.306 e. The number of ether oxygens (including phenoxy) is 3. The number of aliphatic hydroxyl groups is 2. The summed E-state index contributed by atoms with van der Waals surface area (Å²) in [5.41, 5.74) is 0. The van der Waals surface area contributed by atoms with Crippen LogP contribution in [0.1, 0.15) is 65.2 Å². The maximum absolute atomic E-state index is 11.8. The molecule has 1 saturated heterocycles. The van der Waals surface area contributed by atoms with E-state index < -0.39 is 6.10 Å². The molecule has 6 nitrogen and oxygen atoms in total. The van der Waals surface area contributed by atoms with Crippen LogP contribution >= 0.6 is 11.6 Å². The Hall–Kier alpha value is -1.34. The summed E-state index contributed by atoms with van der Waals surface area (Å²) in [6.45, 7) is 4.63. The van der Waals surface area contributed by atoms with E-state index in [4.69, 9.17) is 25.8 Å². The number of carbonyl (C=O) groups excluding carboxylic acids is 1. The lowest BCUT2D eigenvalue weighted by Crippen LogP contribution is -2.25. The lowest BCUT2D eigenvalue weighted by atomic mass is 9.84. The summed E-state index contributed by atoms with van der Waals surface area (Å²) in [5.74, 6) is 1.41. The van der Waals surface area contributed by atoms with Gasteiger partial charge in [-0.2, -0.15) is 0 Å². The summed E-state index contributed by atoms with van der Waals surface area (Å²) in [7, 11) is 0. The van der Waals surface area contributed by atoms with E-state index in [2.05, 4.69) is 0 Å². The number of fused-ring (bicyclic) bond motifs is 1. The van der Waals surface area contributed by atoms with Crippen molar-refractivity contribution in [3.05, 3.63) is 29.3 Å². The molecule has 1 aromatic rings. The van der Waals surface area contributed by atoms with E-state index in [9.17, 15) is 15.0 Å². The third kappa shape index (κ3) is 8.43. The molecule has 2 N–H and O–H groups in total. The summed E-state index contributed by atoms with van der Waals surface area (Å²) in [5, 5.41) is 21.7. The fourth-order valence-electron chi connectivity index (χ4n) is 5.22. The number of hydrogen-bond donors (Lipinski definition) is 2. The minimum atomic E-state index is -0.597. The van der Waals surface area contributed by atoms with E-state index in [1.165, 1.54) is 0 Å². The number of benzene rings is 1. The number of hydrogen-bond acceptors (Lipinski definition) is 6. The zero-order valence-electron chi connectivity index (χ0n) is 19.8. The van der Waals surface area contributed by atoms with Crippen LogP contribution in [0, 0.1) is 17.8 Å². The molecule has 0 radical (unpaired) electrons. The number of carbonyl (C=O) groups is 1. The monoisotopic (exact) mass is 482 g/mol. The second kappa shape index (κ2) is 12.9. The number of rotatable bonds is 11. The van der Waals surface area contributed by atoms with Crippen LogP contribution in [0.25, 0.3) is 0 Å². The van der Waals surface area contributed by atoms with Crippen molar-refractivity contribution >= 4 is 17.6 Å². The maximum Gasteiger partial charge on any atom is 0.306 e. The molecule has 1 saturated carbocycles. The average Bonchev–Trinajstić information content (AvgIpc) is 2.92. The van der Waals surface area contributed by atoms with Gasteiger partial charge in [0.25, 0.3) is 0 Å². The van der Waals surface area contributed by atoms with Gasteiger partial charge >= 0.3 is 5.97 Å². The Morgan fingerprint density at radius 1 is 1.27 bits per heavy atom. The Morgan fingerprint density at radius 2 is 2.09 bits per heavy atom. The Labute approximate surface area is 202 Å². The van der Waals surface area contributed by atoms with Crippen molar-refractivity contribution in [3.63, 3.8) is 0 Å². The van der Waals surface area contributed by atoms with E-state index in [0.29, 0.717) is 48.5 Å². The summed E-state index contributed by atoms with van der Waals surface area (Å²) >= 11 is 5.97. The van der Waals surface area contributed by atoms with Crippen molar-refractivity contribution in [2.75, 3.05) is 13.2 Å². The molecule has 33 heavy (non-hydrogen) atoms. The fourth-order valence-corrected chi connectivity index (χ4v) is 5.40. The van der Waals surface area contributed by atoms with Gasteiger partial charge in [0.15, 0.2) is 0 Å². The van der Waals surface area contributed by atoms with Crippen LogP contribution in [0.5, 0.6) is 5.75 Å². The fraction of sp³-hybridized carbons (Fsp3) is 0.731.